The van der Waals surface area contributed by atoms with E-state index in [1.54, 1.807) is 0 Å². The fourth-order valence-corrected chi connectivity index (χ4v) is 2.06. The van der Waals surface area contributed by atoms with Crippen LogP contribution < -0.4 is 9.46 Å². The molecule has 1 aliphatic carbocycles. The highest BCUT2D eigenvalue weighted by atomic mass is 32.2. The lowest BCUT2D eigenvalue weighted by molar-refractivity contribution is 0.304. The van der Waals surface area contributed by atoms with Crippen molar-refractivity contribution in [3.63, 3.8) is 0 Å². The van der Waals surface area contributed by atoms with Crippen LogP contribution in [-0.2, 0) is 10.0 Å². The monoisotopic (exact) mass is 270 g/mol. The molecule has 0 spiro atoms. The highest BCUT2D eigenvalue weighted by molar-refractivity contribution is 7.92. The van der Waals surface area contributed by atoms with Crippen molar-refractivity contribution in [2.75, 3.05) is 11.0 Å². The number of nitrogens with one attached hydrogen (secondary N) is 1. The molecule has 0 aromatic carbocycles. The van der Waals surface area contributed by atoms with Gasteiger partial charge >= 0.3 is 0 Å². The molecule has 1 aromatic heterocycles. The number of rotatable bonds is 5. The maximum atomic E-state index is 11.3. The standard InChI is InChI=1S/C12H18N2O3S/c1-8(2)10-6-12(17-9-4-5-9)11(7-13-10)14-18(3,15)16/h6-9,14H,4-5H2,1-3H3. The molecule has 1 heterocycles. The Balaban J connectivity index is 2.31. The van der Waals surface area contributed by atoms with Gasteiger partial charge in [0, 0.05) is 11.8 Å². The maximum Gasteiger partial charge on any atom is 0.229 e. The smallest absolute Gasteiger partial charge is 0.229 e. The van der Waals surface area contributed by atoms with Crippen molar-refractivity contribution in [2.24, 2.45) is 0 Å². The first-order valence-corrected chi connectivity index (χ1v) is 7.88. The number of hydrogen-bond donors (Lipinski definition) is 1. The highest BCUT2D eigenvalue weighted by Crippen LogP contribution is 2.33. The molecule has 6 heteroatoms. The Labute approximate surface area is 108 Å². The summed E-state index contributed by atoms with van der Waals surface area (Å²) in [5.41, 5.74) is 1.30. The van der Waals surface area contributed by atoms with Crippen LogP contribution in [0.3, 0.4) is 0 Å². The molecule has 1 saturated carbocycles. The zero-order valence-corrected chi connectivity index (χ0v) is 11.6. The Morgan fingerprint density at radius 3 is 2.61 bits per heavy atom. The van der Waals surface area contributed by atoms with Gasteiger partial charge in [0.25, 0.3) is 0 Å². The van der Waals surface area contributed by atoms with Gasteiger partial charge in [-0.15, -0.1) is 0 Å². The minimum atomic E-state index is -3.32. The van der Waals surface area contributed by atoms with Gasteiger partial charge in [0.05, 0.1) is 18.6 Å². The molecule has 1 fully saturated rings. The van der Waals surface area contributed by atoms with Gasteiger partial charge in [-0.3, -0.25) is 9.71 Å². The van der Waals surface area contributed by atoms with E-state index in [0.717, 1.165) is 24.8 Å². The molecule has 0 radical (unpaired) electrons. The van der Waals surface area contributed by atoms with Crippen LogP contribution in [0.25, 0.3) is 0 Å². The summed E-state index contributed by atoms with van der Waals surface area (Å²) in [4.78, 5) is 4.24. The Bertz CT molecular complexity index is 536. The molecule has 0 unspecified atom stereocenters. The molecule has 5 nitrogen and oxygen atoms in total. The second kappa shape index (κ2) is 4.76. The summed E-state index contributed by atoms with van der Waals surface area (Å²) >= 11 is 0. The van der Waals surface area contributed by atoms with Crippen molar-refractivity contribution in [2.45, 2.75) is 38.7 Å². The van der Waals surface area contributed by atoms with E-state index in [-0.39, 0.29) is 12.0 Å². The number of ether oxygens (including phenoxy) is 1. The third-order valence-corrected chi connectivity index (χ3v) is 3.18. The molecular formula is C12H18N2O3S. The van der Waals surface area contributed by atoms with E-state index in [0.29, 0.717) is 11.4 Å². The molecule has 0 atom stereocenters. The largest absolute Gasteiger partial charge is 0.488 e. The normalized spacial score (nSPS) is 15.8. The third kappa shape index (κ3) is 3.60. The quantitative estimate of drug-likeness (QED) is 0.889. The van der Waals surface area contributed by atoms with Gasteiger partial charge in [0.2, 0.25) is 10.0 Å². The summed E-state index contributed by atoms with van der Waals surface area (Å²) in [6.07, 6.45) is 4.90. The van der Waals surface area contributed by atoms with Crippen LogP contribution in [0, 0.1) is 0 Å². The van der Waals surface area contributed by atoms with Crippen molar-refractivity contribution in [3.05, 3.63) is 18.0 Å². The van der Waals surface area contributed by atoms with Crippen molar-refractivity contribution < 1.29 is 13.2 Å². The number of anilines is 1. The summed E-state index contributed by atoms with van der Waals surface area (Å²) in [6.45, 7) is 4.07. The predicted molar refractivity (Wildman–Crippen MR) is 70.4 cm³/mol. The Hall–Kier alpha value is -1.30. The highest BCUT2D eigenvalue weighted by Gasteiger charge is 2.25. The van der Waals surface area contributed by atoms with Crippen LogP contribution in [0.1, 0.15) is 38.3 Å². The van der Waals surface area contributed by atoms with Crippen molar-refractivity contribution >= 4 is 15.7 Å². The number of nitrogens with zero attached hydrogens (tertiary/aromatic N) is 1. The summed E-state index contributed by atoms with van der Waals surface area (Å²) in [5.74, 6) is 0.848. The second-order valence-corrected chi connectivity index (χ2v) is 6.70. The molecule has 0 bridgehead atoms. The minimum absolute atomic E-state index is 0.215. The van der Waals surface area contributed by atoms with Gasteiger partial charge < -0.3 is 4.74 Å². The Morgan fingerprint density at radius 2 is 2.11 bits per heavy atom. The van der Waals surface area contributed by atoms with Crippen LogP contribution >= 0.6 is 0 Å². The van der Waals surface area contributed by atoms with E-state index >= 15 is 0 Å². The van der Waals surface area contributed by atoms with Crippen LogP contribution in [0.4, 0.5) is 5.69 Å². The molecule has 0 amide bonds. The van der Waals surface area contributed by atoms with Crippen LogP contribution in [0.2, 0.25) is 0 Å². The first-order chi connectivity index (χ1) is 8.35. The van der Waals surface area contributed by atoms with Crippen LogP contribution in [0.5, 0.6) is 5.75 Å². The third-order valence-electron chi connectivity index (χ3n) is 2.59. The van der Waals surface area contributed by atoms with Gasteiger partial charge in [-0.1, -0.05) is 13.8 Å². The molecule has 1 N–H and O–H groups in total. The minimum Gasteiger partial charge on any atom is -0.488 e. The lowest BCUT2D eigenvalue weighted by Crippen LogP contribution is -2.12. The van der Waals surface area contributed by atoms with E-state index in [4.69, 9.17) is 4.74 Å². The van der Waals surface area contributed by atoms with Crippen LogP contribution in [0.15, 0.2) is 12.3 Å². The van der Waals surface area contributed by atoms with E-state index < -0.39 is 10.0 Å². The average Bonchev–Trinajstić information content (AvgIpc) is 3.02. The average molecular weight is 270 g/mol. The summed E-state index contributed by atoms with van der Waals surface area (Å²) in [6, 6.07) is 1.82. The molecule has 1 aliphatic rings. The number of pyridine rings is 1. The first kappa shape index (κ1) is 13.1. The first-order valence-electron chi connectivity index (χ1n) is 5.99. The zero-order chi connectivity index (χ0) is 13.3. The van der Waals surface area contributed by atoms with Crippen molar-refractivity contribution in [1.29, 1.82) is 0 Å². The van der Waals surface area contributed by atoms with Gasteiger partial charge in [0.1, 0.15) is 11.4 Å². The van der Waals surface area contributed by atoms with E-state index in [1.165, 1.54) is 6.20 Å². The number of hydrogen-bond acceptors (Lipinski definition) is 4. The molecule has 0 aliphatic heterocycles. The topological polar surface area (TPSA) is 68.3 Å². The van der Waals surface area contributed by atoms with Gasteiger partial charge in [-0.2, -0.15) is 0 Å². The molecule has 1 aromatic rings. The predicted octanol–water partition coefficient (Wildman–Crippen LogP) is 2.12. The summed E-state index contributed by atoms with van der Waals surface area (Å²) in [5, 5.41) is 0. The van der Waals surface area contributed by atoms with E-state index in [2.05, 4.69) is 9.71 Å². The molecule has 0 saturated heterocycles. The fraction of sp³-hybridized carbons (Fsp3) is 0.583. The lowest BCUT2D eigenvalue weighted by Gasteiger charge is -2.14. The fourth-order valence-electron chi connectivity index (χ4n) is 1.51. The second-order valence-electron chi connectivity index (χ2n) is 4.95. The summed E-state index contributed by atoms with van der Waals surface area (Å²) < 4.78 is 30.7. The number of aromatic nitrogens is 1. The summed E-state index contributed by atoms with van der Waals surface area (Å²) in [7, 11) is -3.32. The van der Waals surface area contributed by atoms with Crippen molar-refractivity contribution in [3.8, 4) is 5.75 Å². The van der Waals surface area contributed by atoms with Gasteiger partial charge in [0.15, 0.2) is 0 Å². The lowest BCUT2D eigenvalue weighted by atomic mass is 10.1. The molecule has 18 heavy (non-hydrogen) atoms. The van der Waals surface area contributed by atoms with Gasteiger partial charge in [-0.05, 0) is 18.8 Å². The number of sulfonamides is 1. The maximum absolute atomic E-state index is 11.3. The van der Waals surface area contributed by atoms with Gasteiger partial charge in [-0.25, -0.2) is 8.42 Å². The zero-order valence-electron chi connectivity index (χ0n) is 10.8. The Morgan fingerprint density at radius 1 is 1.44 bits per heavy atom. The molecule has 100 valence electrons. The van der Waals surface area contributed by atoms with E-state index in [1.807, 2.05) is 19.9 Å². The van der Waals surface area contributed by atoms with Crippen molar-refractivity contribution in [1.82, 2.24) is 4.98 Å². The molecular weight excluding hydrogens is 252 g/mol. The van der Waals surface area contributed by atoms with Crippen LogP contribution in [-0.4, -0.2) is 25.8 Å². The molecule has 2 rings (SSSR count). The van der Waals surface area contributed by atoms with E-state index in [9.17, 15) is 8.42 Å². The SMILES string of the molecule is CC(C)c1cc(OC2CC2)c(NS(C)(=O)=O)cn1. The Kier molecular flexibility index (Phi) is 3.47.